The third kappa shape index (κ3) is 3.78. The number of allylic oxidation sites excluding steroid dienone is 2. The number of hydrogen-bond acceptors (Lipinski definition) is 7. The SMILES string of the molecule is CCOC(=O)c1c(NC(=S)NC(=O)CN2C(=O)[C@H]3[C@H](C2=O)[C@H]2C=C[C@H]3C2)sc2c1CCCC2. The second-order valence-corrected chi connectivity index (χ2v) is 10.4. The topological polar surface area (TPSA) is 105 Å². The number of fused-ring (bicyclic) bond motifs is 6. The molecule has 1 saturated heterocycles. The van der Waals surface area contributed by atoms with E-state index in [0.29, 0.717) is 10.6 Å². The van der Waals surface area contributed by atoms with E-state index in [2.05, 4.69) is 10.6 Å². The van der Waals surface area contributed by atoms with E-state index in [-0.39, 0.29) is 53.8 Å². The van der Waals surface area contributed by atoms with Crippen LogP contribution in [0, 0.1) is 23.7 Å². The van der Waals surface area contributed by atoms with E-state index < -0.39 is 11.9 Å². The van der Waals surface area contributed by atoms with Crippen LogP contribution >= 0.6 is 23.6 Å². The lowest BCUT2D eigenvalue weighted by atomic mass is 9.85. The molecule has 0 spiro atoms. The minimum absolute atomic E-state index is 0.0187. The molecule has 8 nitrogen and oxygen atoms in total. The fourth-order valence-corrected chi connectivity index (χ4v) is 7.20. The second-order valence-electron chi connectivity index (χ2n) is 8.90. The van der Waals surface area contributed by atoms with Crippen LogP contribution < -0.4 is 10.6 Å². The molecule has 2 heterocycles. The standard InChI is InChI=1S/C23H25N3O5S2/c1-2-31-22(30)18-13-5-3-4-6-14(13)33-19(18)25-23(32)24-15(27)10-26-20(28)16-11-7-8-12(9-11)17(16)21(26)29/h7-8,11-12,16-17H,2-6,9-10H2,1H3,(H2,24,25,27,32)/t11-,12-,16+,17+/m0/s1. The van der Waals surface area contributed by atoms with Crippen molar-refractivity contribution < 1.29 is 23.9 Å². The predicted octanol–water partition coefficient (Wildman–Crippen LogP) is 2.42. The number of ether oxygens (including phenoxy) is 1. The van der Waals surface area contributed by atoms with Crippen LogP contribution in [0.5, 0.6) is 0 Å². The molecule has 1 aromatic rings. The summed E-state index contributed by atoms with van der Waals surface area (Å²) in [5.41, 5.74) is 1.47. The van der Waals surface area contributed by atoms with Crippen LogP contribution in [0.1, 0.15) is 47.0 Å². The van der Waals surface area contributed by atoms with Gasteiger partial charge in [0.2, 0.25) is 17.7 Å². The maximum Gasteiger partial charge on any atom is 0.341 e. The molecule has 0 radical (unpaired) electrons. The number of amides is 3. The Morgan fingerprint density at radius 2 is 1.82 bits per heavy atom. The van der Waals surface area contributed by atoms with Crippen molar-refractivity contribution in [1.29, 1.82) is 0 Å². The molecule has 4 aliphatic rings. The molecule has 10 heteroatoms. The molecule has 0 unspecified atom stereocenters. The van der Waals surface area contributed by atoms with Crippen molar-refractivity contribution in [1.82, 2.24) is 10.2 Å². The molecule has 5 rings (SSSR count). The first-order chi connectivity index (χ1) is 15.9. The third-order valence-corrected chi connectivity index (χ3v) is 8.41. The second kappa shape index (κ2) is 8.64. The van der Waals surface area contributed by atoms with E-state index in [4.69, 9.17) is 17.0 Å². The quantitative estimate of drug-likeness (QED) is 0.284. The van der Waals surface area contributed by atoms with Crippen molar-refractivity contribution in [2.24, 2.45) is 23.7 Å². The van der Waals surface area contributed by atoms with Crippen molar-refractivity contribution in [3.8, 4) is 0 Å². The van der Waals surface area contributed by atoms with Gasteiger partial charge in [0, 0.05) is 4.88 Å². The zero-order valence-electron chi connectivity index (χ0n) is 18.2. The molecule has 2 N–H and O–H groups in total. The zero-order valence-corrected chi connectivity index (χ0v) is 19.9. The van der Waals surface area contributed by atoms with Gasteiger partial charge in [0.25, 0.3) is 0 Å². The third-order valence-electron chi connectivity index (χ3n) is 6.99. The fourth-order valence-electron chi connectivity index (χ4n) is 5.64. The predicted molar refractivity (Wildman–Crippen MR) is 126 cm³/mol. The van der Waals surface area contributed by atoms with Gasteiger partial charge < -0.3 is 15.4 Å². The van der Waals surface area contributed by atoms with Gasteiger partial charge in [-0.25, -0.2) is 4.79 Å². The Hall–Kier alpha value is -2.59. The summed E-state index contributed by atoms with van der Waals surface area (Å²) in [6.07, 6.45) is 8.64. The Morgan fingerprint density at radius 1 is 1.15 bits per heavy atom. The molecule has 33 heavy (non-hydrogen) atoms. The van der Waals surface area contributed by atoms with E-state index in [1.54, 1.807) is 6.92 Å². The molecule has 3 aliphatic carbocycles. The van der Waals surface area contributed by atoms with E-state index >= 15 is 0 Å². The number of nitrogens with one attached hydrogen (secondary N) is 2. The van der Waals surface area contributed by atoms with Gasteiger partial charge in [-0.2, -0.15) is 0 Å². The summed E-state index contributed by atoms with van der Waals surface area (Å²) in [5, 5.41) is 6.09. The highest BCUT2D eigenvalue weighted by molar-refractivity contribution is 7.80. The highest BCUT2D eigenvalue weighted by Crippen LogP contribution is 2.52. The molecule has 3 amide bonds. The zero-order chi connectivity index (χ0) is 23.3. The van der Waals surface area contributed by atoms with Crippen molar-refractivity contribution in [2.75, 3.05) is 18.5 Å². The van der Waals surface area contributed by atoms with Crippen LogP contribution in [-0.2, 0) is 32.0 Å². The molecular formula is C23H25N3O5S2. The molecule has 1 aliphatic heterocycles. The first-order valence-electron chi connectivity index (χ1n) is 11.3. The van der Waals surface area contributed by atoms with Gasteiger partial charge in [-0.3, -0.25) is 19.3 Å². The van der Waals surface area contributed by atoms with Crippen molar-refractivity contribution in [3.05, 3.63) is 28.2 Å². The summed E-state index contributed by atoms with van der Waals surface area (Å²) in [7, 11) is 0. The summed E-state index contributed by atoms with van der Waals surface area (Å²) < 4.78 is 5.24. The maximum absolute atomic E-state index is 12.8. The Labute approximate surface area is 200 Å². The molecule has 174 valence electrons. The first-order valence-corrected chi connectivity index (χ1v) is 12.6. The van der Waals surface area contributed by atoms with E-state index in [1.807, 2.05) is 12.2 Å². The smallest absolute Gasteiger partial charge is 0.341 e. The lowest BCUT2D eigenvalue weighted by molar-refractivity contribution is -0.144. The van der Waals surface area contributed by atoms with Crippen LogP contribution in [0.15, 0.2) is 12.2 Å². The number of likely N-dealkylation sites (tertiary alicyclic amines) is 1. The molecule has 4 atom stereocenters. The number of rotatable bonds is 5. The fraction of sp³-hybridized carbons (Fsp3) is 0.522. The molecule has 2 fully saturated rings. The lowest BCUT2D eigenvalue weighted by Gasteiger charge is -2.17. The first kappa shape index (κ1) is 22.2. The largest absolute Gasteiger partial charge is 0.462 e. The highest BCUT2D eigenvalue weighted by atomic mass is 32.1. The van der Waals surface area contributed by atoms with Crippen LogP contribution in [0.3, 0.4) is 0 Å². The van der Waals surface area contributed by atoms with Gasteiger partial charge in [0.1, 0.15) is 11.5 Å². The number of thiocarbonyl (C=S) groups is 1. The van der Waals surface area contributed by atoms with Crippen molar-refractivity contribution >= 4 is 57.4 Å². The van der Waals surface area contributed by atoms with Crippen LogP contribution in [0.25, 0.3) is 0 Å². The molecule has 1 aromatic heterocycles. The summed E-state index contributed by atoms with van der Waals surface area (Å²) in [5.74, 6) is -1.98. The number of aryl methyl sites for hydroxylation is 1. The average Bonchev–Trinajstić information content (AvgIpc) is 3.52. The molecular weight excluding hydrogens is 462 g/mol. The van der Waals surface area contributed by atoms with E-state index in [9.17, 15) is 19.2 Å². The monoisotopic (exact) mass is 487 g/mol. The Bertz CT molecular complexity index is 1060. The van der Waals surface area contributed by atoms with Gasteiger partial charge in [-0.05, 0) is 68.6 Å². The van der Waals surface area contributed by atoms with Gasteiger partial charge in [0.15, 0.2) is 5.11 Å². The number of nitrogens with zero attached hydrogens (tertiary/aromatic N) is 1. The van der Waals surface area contributed by atoms with Crippen molar-refractivity contribution in [2.45, 2.75) is 39.0 Å². The maximum atomic E-state index is 12.8. The van der Waals surface area contributed by atoms with Gasteiger partial charge >= 0.3 is 5.97 Å². The number of carbonyl (C=O) groups is 4. The van der Waals surface area contributed by atoms with Gasteiger partial charge in [-0.15, -0.1) is 11.3 Å². The highest BCUT2D eigenvalue weighted by Gasteiger charge is 2.59. The number of esters is 1. The Kier molecular flexibility index (Phi) is 5.82. The van der Waals surface area contributed by atoms with E-state index in [1.165, 1.54) is 11.3 Å². The van der Waals surface area contributed by atoms with Crippen LogP contribution in [0.2, 0.25) is 0 Å². The van der Waals surface area contributed by atoms with Crippen LogP contribution in [0.4, 0.5) is 5.00 Å². The van der Waals surface area contributed by atoms with Gasteiger partial charge in [0.05, 0.1) is 24.0 Å². The van der Waals surface area contributed by atoms with Crippen molar-refractivity contribution in [3.63, 3.8) is 0 Å². The normalized spacial score (nSPS) is 26.9. The van der Waals surface area contributed by atoms with Gasteiger partial charge in [-0.1, -0.05) is 12.2 Å². The number of hydrogen-bond donors (Lipinski definition) is 2. The minimum atomic E-state index is -0.548. The van der Waals surface area contributed by atoms with Crippen LogP contribution in [-0.4, -0.2) is 46.9 Å². The molecule has 1 saturated carbocycles. The summed E-state index contributed by atoms with van der Waals surface area (Å²) in [6.45, 7) is 1.66. The summed E-state index contributed by atoms with van der Waals surface area (Å²) in [4.78, 5) is 53.0. The van der Waals surface area contributed by atoms with E-state index in [0.717, 1.165) is 47.4 Å². The Balaban J connectivity index is 1.24. The molecule has 2 bridgehead atoms. The average molecular weight is 488 g/mol. The Morgan fingerprint density at radius 3 is 2.48 bits per heavy atom. The lowest BCUT2D eigenvalue weighted by Crippen LogP contribution is -2.44. The summed E-state index contributed by atoms with van der Waals surface area (Å²) >= 11 is 6.75. The number of imide groups is 1. The number of anilines is 1. The number of thiophene rings is 1. The minimum Gasteiger partial charge on any atom is -0.462 e. The summed E-state index contributed by atoms with van der Waals surface area (Å²) in [6, 6.07) is 0. The molecule has 0 aromatic carbocycles. The number of carbonyl (C=O) groups excluding carboxylic acids is 4.